The Labute approximate surface area is 150 Å². The van der Waals surface area contributed by atoms with Gasteiger partial charge in [-0.2, -0.15) is 0 Å². The van der Waals surface area contributed by atoms with E-state index in [1.54, 1.807) is 13.0 Å². The fourth-order valence-electron chi connectivity index (χ4n) is 2.16. The molecule has 0 spiro atoms. The molecule has 0 bridgehead atoms. The lowest BCUT2D eigenvalue weighted by molar-refractivity contribution is 0.0145. The molecule has 1 aromatic carbocycles. The van der Waals surface area contributed by atoms with Crippen molar-refractivity contribution in [2.45, 2.75) is 6.92 Å². The Bertz CT molecular complexity index is 864. The Kier molecular flexibility index (Phi) is 6.51. The van der Waals surface area contributed by atoms with E-state index in [2.05, 4.69) is 17.4 Å². The minimum atomic E-state index is -0.589. The normalized spacial score (nSPS) is 10.3. The molecule has 0 aliphatic rings. The zero-order chi connectivity index (χ0) is 19.1. The van der Waals surface area contributed by atoms with Gasteiger partial charge in [-0.25, -0.2) is 9.87 Å². The SMILES string of the molecule is C=COCCONC(=O)c1ccc(=O)n(C)c1Nc1ccc(C)cc1F. The fourth-order valence-corrected chi connectivity index (χ4v) is 2.16. The molecule has 1 aromatic heterocycles. The summed E-state index contributed by atoms with van der Waals surface area (Å²) in [4.78, 5) is 29.3. The molecule has 2 N–H and O–H groups in total. The van der Waals surface area contributed by atoms with Crippen LogP contribution in [-0.4, -0.2) is 23.7 Å². The van der Waals surface area contributed by atoms with E-state index in [1.807, 2.05) is 0 Å². The second-order valence-electron chi connectivity index (χ2n) is 5.42. The smallest absolute Gasteiger partial charge is 0.278 e. The number of rotatable bonds is 8. The maximum Gasteiger partial charge on any atom is 0.278 e. The largest absolute Gasteiger partial charge is 0.499 e. The summed E-state index contributed by atoms with van der Waals surface area (Å²) in [5, 5.41) is 2.80. The first kappa shape index (κ1) is 19.2. The highest BCUT2D eigenvalue weighted by molar-refractivity contribution is 5.98. The number of nitrogens with one attached hydrogen (secondary N) is 2. The van der Waals surface area contributed by atoms with Crippen LogP contribution in [0.4, 0.5) is 15.9 Å². The van der Waals surface area contributed by atoms with Crippen LogP contribution in [0.2, 0.25) is 0 Å². The average Bonchev–Trinajstić information content (AvgIpc) is 2.60. The van der Waals surface area contributed by atoms with Crippen molar-refractivity contribution in [3.63, 3.8) is 0 Å². The number of carbonyl (C=O) groups excluding carboxylic acids is 1. The molecule has 0 aliphatic carbocycles. The Hall–Kier alpha value is -3.13. The summed E-state index contributed by atoms with van der Waals surface area (Å²) in [5.41, 5.74) is 2.92. The molecule has 0 unspecified atom stereocenters. The molecule has 1 amide bonds. The summed E-state index contributed by atoms with van der Waals surface area (Å²) in [6, 6.07) is 7.19. The van der Waals surface area contributed by atoms with Crippen molar-refractivity contribution in [1.29, 1.82) is 0 Å². The number of benzene rings is 1. The number of hydrogen-bond acceptors (Lipinski definition) is 5. The van der Waals surface area contributed by atoms with Crippen molar-refractivity contribution in [3.05, 3.63) is 70.5 Å². The zero-order valence-corrected chi connectivity index (χ0v) is 14.5. The first-order valence-corrected chi connectivity index (χ1v) is 7.82. The second kappa shape index (κ2) is 8.82. The highest BCUT2D eigenvalue weighted by Crippen LogP contribution is 2.22. The third-order valence-electron chi connectivity index (χ3n) is 3.52. The van der Waals surface area contributed by atoms with Crippen LogP contribution < -0.4 is 16.4 Å². The first-order chi connectivity index (χ1) is 12.4. The lowest BCUT2D eigenvalue weighted by Gasteiger charge is -2.16. The summed E-state index contributed by atoms with van der Waals surface area (Å²) >= 11 is 0. The number of pyridine rings is 1. The van der Waals surface area contributed by atoms with Crippen molar-refractivity contribution in [2.24, 2.45) is 7.05 Å². The van der Waals surface area contributed by atoms with Gasteiger partial charge in [-0.3, -0.25) is 19.0 Å². The van der Waals surface area contributed by atoms with Crippen molar-refractivity contribution in [2.75, 3.05) is 18.5 Å². The Balaban J connectivity index is 2.24. The topological polar surface area (TPSA) is 81.6 Å². The van der Waals surface area contributed by atoms with Gasteiger partial charge in [0.15, 0.2) is 0 Å². The summed E-state index contributed by atoms with van der Waals surface area (Å²) in [7, 11) is 1.48. The molecule has 2 rings (SSSR count). The van der Waals surface area contributed by atoms with Crippen LogP contribution in [0, 0.1) is 12.7 Å². The highest BCUT2D eigenvalue weighted by atomic mass is 19.1. The van der Waals surface area contributed by atoms with E-state index in [0.29, 0.717) is 0 Å². The van der Waals surface area contributed by atoms with Crippen LogP contribution in [-0.2, 0) is 16.6 Å². The lowest BCUT2D eigenvalue weighted by atomic mass is 10.2. The van der Waals surface area contributed by atoms with Gasteiger partial charge in [0, 0.05) is 13.1 Å². The Morgan fingerprint density at radius 2 is 2.08 bits per heavy atom. The monoisotopic (exact) mass is 361 g/mol. The molecular formula is C18H20FN3O4. The van der Waals surface area contributed by atoms with Crippen molar-refractivity contribution in [3.8, 4) is 0 Å². The van der Waals surface area contributed by atoms with E-state index in [9.17, 15) is 14.0 Å². The number of halogens is 1. The molecular weight excluding hydrogens is 341 g/mol. The standard InChI is InChI=1S/C18H20FN3O4/c1-4-25-9-10-26-21-18(24)13-6-8-16(23)22(3)17(13)20-15-7-5-12(2)11-14(15)19/h4-8,11,20H,1,9-10H2,2-3H3,(H,21,24). The van der Waals surface area contributed by atoms with E-state index >= 15 is 0 Å². The highest BCUT2D eigenvalue weighted by Gasteiger charge is 2.16. The summed E-state index contributed by atoms with van der Waals surface area (Å²) in [6.45, 7) is 5.48. The summed E-state index contributed by atoms with van der Waals surface area (Å²) < 4.78 is 20.2. The van der Waals surface area contributed by atoms with Gasteiger partial charge < -0.3 is 10.1 Å². The molecule has 1 heterocycles. The third kappa shape index (κ3) is 4.70. The number of carbonyl (C=O) groups is 1. The number of aromatic nitrogens is 1. The van der Waals surface area contributed by atoms with Crippen molar-refractivity contribution >= 4 is 17.4 Å². The number of ether oxygens (including phenoxy) is 1. The predicted octanol–water partition coefficient (Wildman–Crippen LogP) is 2.40. The van der Waals surface area contributed by atoms with Crippen LogP contribution in [0.25, 0.3) is 0 Å². The summed E-state index contributed by atoms with van der Waals surface area (Å²) in [6.07, 6.45) is 1.26. The van der Waals surface area contributed by atoms with Crippen LogP contribution in [0.1, 0.15) is 15.9 Å². The van der Waals surface area contributed by atoms with E-state index in [0.717, 1.165) is 5.56 Å². The van der Waals surface area contributed by atoms with Gasteiger partial charge in [-0.1, -0.05) is 12.6 Å². The molecule has 8 heteroatoms. The minimum absolute atomic E-state index is 0.110. The van der Waals surface area contributed by atoms with E-state index in [1.165, 1.54) is 42.1 Å². The Morgan fingerprint density at radius 1 is 1.31 bits per heavy atom. The molecule has 2 aromatic rings. The minimum Gasteiger partial charge on any atom is -0.499 e. The Morgan fingerprint density at radius 3 is 2.77 bits per heavy atom. The number of amides is 1. The third-order valence-corrected chi connectivity index (χ3v) is 3.52. The molecule has 0 aliphatic heterocycles. The van der Waals surface area contributed by atoms with E-state index in [-0.39, 0.29) is 35.8 Å². The maximum absolute atomic E-state index is 14.1. The molecule has 0 radical (unpaired) electrons. The summed E-state index contributed by atoms with van der Waals surface area (Å²) in [5.74, 6) is -0.941. The molecule has 7 nitrogen and oxygen atoms in total. The van der Waals surface area contributed by atoms with Crippen molar-refractivity contribution < 1.29 is 18.8 Å². The van der Waals surface area contributed by atoms with Crippen molar-refractivity contribution in [1.82, 2.24) is 10.0 Å². The maximum atomic E-state index is 14.1. The first-order valence-electron chi connectivity index (χ1n) is 7.82. The quantitative estimate of drug-likeness (QED) is 0.429. The number of hydrogen-bond donors (Lipinski definition) is 2. The van der Waals surface area contributed by atoms with Crippen LogP contribution in [0.15, 0.2) is 48.0 Å². The van der Waals surface area contributed by atoms with E-state index in [4.69, 9.17) is 9.57 Å². The van der Waals surface area contributed by atoms with Gasteiger partial charge in [-0.05, 0) is 30.7 Å². The van der Waals surface area contributed by atoms with Crippen LogP contribution in [0.3, 0.4) is 0 Å². The molecule has 138 valence electrons. The van der Waals surface area contributed by atoms with Gasteiger partial charge in [-0.15, -0.1) is 0 Å². The van der Waals surface area contributed by atoms with Crippen LogP contribution in [0.5, 0.6) is 0 Å². The number of nitrogens with zero attached hydrogens (tertiary/aromatic N) is 1. The molecule has 0 saturated carbocycles. The number of aryl methyl sites for hydroxylation is 1. The average molecular weight is 361 g/mol. The van der Waals surface area contributed by atoms with Gasteiger partial charge in [0.25, 0.3) is 11.5 Å². The van der Waals surface area contributed by atoms with Gasteiger partial charge in [0.05, 0.1) is 17.5 Å². The fraction of sp³-hybridized carbons (Fsp3) is 0.222. The molecule has 0 fully saturated rings. The van der Waals surface area contributed by atoms with Gasteiger partial charge in [0.2, 0.25) is 0 Å². The predicted molar refractivity (Wildman–Crippen MR) is 95.7 cm³/mol. The van der Waals surface area contributed by atoms with E-state index < -0.39 is 11.7 Å². The molecule has 0 saturated heterocycles. The second-order valence-corrected chi connectivity index (χ2v) is 5.42. The zero-order valence-electron chi connectivity index (χ0n) is 14.5. The molecule has 0 atom stereocenters. The number of anilines is 2. The van der Waals surface area contributed by atoms with Gasteiger partial charge >= 0.3 is 0 Å². The lowest BCUT2D eigenvalue weighted by Crippen LogP contribution is -2.29. The molecule has 26 heavy (non-hydrogen) atoms. The van der Waals surface area contributed by atoms with Gasteiger partial charge in [0.1, 0.15) is 24.8 Å². The number of hydroxylamine groups is 1. The van der Waals surface area contributed by atoms with Crippen LogP contribution >= 0.6 is 0 Å².